The molecule has 0 amide bonds. The van der Waals surface area contributed by atoms with E-state index in [0.29, 0.717) is 16.9 Å². The highest BCUT2D eigenvalue weighted by Crippen LogP contribution is 2.31. The summed E-state index contributed by atoms with van der Waals surface area (Å²) in [5.74, 6) is -0.216. The van der Waals surface area contributed by atoms with Crippen molar-refractivity contribution in [3.63, 3.8) is 0 Å². The quantitative estimate of drug-likeness (QED) is 0.388. The summed E-state index contributed by atoms with van der Waals surface area (Å²) in [7, 11) is -1.29. The Morgan fingerprint density at radius 1 is 1.18 bits per heavy atom. The van der Waals surface area contributed by atoms with Gasteiger partial charge in [-0.05, 0) is 30.7 Å². The first-order chi connectivity index (χ1) is 13.0. The largest absolute Gasteiger partial charge is 0.495 e. The van der Waals surface area contributed by atoms with Crippen LogP contribution >= 0.6 is 0 Å². The van der Waals surface area contributed by atoms with Gasteiger partial charge < -0.3 is 10.1 Å². The number of hydrogen-bond donors (Lipinski definition) is 3. The number of rotatable bonds is 6. The molecule has 0 aliphatic heterocycles. The molecule has 0 radical (unpaired) electrons. The number of nitrogens with zero attached hydrogens (tertiary/aromatic N) is 1. The van der Waals surface area contributed by atoms with Crippen molar-refractivity contribution < 1.29 is 17.5 Å². The normalized spacial score (nSPS) is 13.8. The summed E-state index contributed by atoms with van der Waals surface area (Å²) in [6, 6.07) is 6.25. The van der Waals surface area contributed by atoms with Crippen molar-refractivity contribution in [2.24, 2.45) is 5.41 Å². The molecule has 6 nitrogen and oxygen atoms in total. The lowest BCUT2D eigenvalue weighted by Gasteiger charge is -2.35. The monoisotopic (exact) mass is 407 g/mol. The number of nitrogens with one attached hydrogen (secondary N) is 2. The van der Waals surface area contributed by atoms with E-state index < -0.39 is 27.5 Å². The van der Waals surface area contributed by atoms with Gasteiger partial charge in [-0.2, -0.15) is 0 Å². The highest BCUT2D eigenvalue weighted by atomic mass is 32.2. The fraction of sp³-hybridized carbons (Fsp3) is 0.400. The van der Waals surface area contributed by atoms with Crippen LogP contribution < -0.4 is 10.1 Å². The number of halogens is 1. The molecule has 0 unspecified atom stereocenters. The van der Waals surface area contributed by atoms with Gasteiger partial charge in [0.15, 0.2) is 0 Å². The third-order valence-electron chi connectivity index (χ3n) is 4.44. The predicted octanol–water partition coefficient (Wildman–Crippen LogP) is 3.34. The van der Waals surface area contributed by atoms with Gasteiger partial charge in [0.25, 0.3) is 0 Å². The maximum atomic E-state index is 14.8. The Hall–Kier alpha value is -2.48. The molecule has 8 heteroatoms. The summed E-state index contributed by atoms with van der Waals surface area (Å²) in [5, 5.41) is 11.2. The lowest BCUT2D eigenvalue weighted by Crippen LogP contribution is -2.50. The van der Waals surface area contributed by atoms with E-state index in [-0.39, 0.29) is 17.2 Å². The van der Waals surface area contributed by atoms with Crippen LogP contribution in [0.15, 0.2) is 36.7 Å². The van der Waals surface area contributed by atoms with Gasteiger partial charge in [0.2, 0.25) is 0 Å². The number of ether oxygens (including phenoxy) is 1. The lowest BCUT2D eigenvalue weighted by atomic mass is 9.87. The van der Waals surface area contributed by atoms with Gasteiger partial charge in [-0.3, -0.25) is 10.4 Å². The van der Waals surface area contributed by atoms with Gasteiger partial charge >= 0.3 is 0 Å². The second-order valence-corrected chi connectivity index (χ2v) is 8.86. The predicted molar refractivity (Wildman–Crippen MR) is 109 cm³/mol. The zero-order valence-corrected chi connectivity index (χ0v) is 17.6. The van der Waals surface area contributed by atoms with Crippen LogP contribution in [0.25, 0.3) is 11.1 Å². The summed E-state index contributed by atoms with van der Waals surface area (Å²) in [6.45, 7) is 7.07. The third kappa shape index (κ3) is 5.07. The molecule has 0 aliphatic carbocycles. The SMILES string of the molecule is COc1cncc(-c2ccc(F)c([C@](C)(C[SH](=O)=O)NC(=N)C(C)(C)C)c2)c1. The van der Waals surface area contributed by atoms with Crippen molar-refractivity contribution in [1.29, 1.82) is 5.41 Å². The van der Waals surface area contributed by atoms with Gasteiger partial charge in [0.1, 0.15) is 22.3 Å². The fourth-order valence-corrected chi connectivity index (χ4v) is 3.50. The number of benzene rings is 1. The Kier molecular flexibility index (Phi) is 6.44. The molecule has 0 saturated heterocycles. The summed E-state index contributed by atoms with van der Waals surface area (Å²) in [6.07, 6.45) is 3.18. The van der Waals surface area contributed by atoms with Crippen molar-refractivity contribution in [3.05, 3.63) is 48.0 Å². The van der Waals surface area contributed by atoms with E-state index in [9.17, 15) is 12.8 Å². The smallest absolute Gasteiger partial charge is 0.142 e. The van der Waals surface area contributed by atoms with Crippen LogP contribution in [0.5, 0.6) is 5.75 Å². The van der Waals surface area contributed by atoms with E-state index in [1.54, 1.807) is 37.5 Å². The van der Waals surface area contributed by atoms with Crippen LogP contribution in [0.3, 0.4) is 0 Å². The summed E-state index contributed by atoms with van der Waals surface area (Å²) in [4.78, 5) is 4.11. The molecule has 0 aliphatic rings. The number of thiol groups is 1. The summed E-state index contributed by atoms with van der Waals surface area (Å²) < 4.78 is 43.1. The average Bonchev–Trinajstić information content (AvgIpc) is 2.60. The molecular weight excluding hydrogens is 381 g/mol. The first kappa shape index (κ1) is 21.8. The first-order valence-electron chi connectivity index (χ1n) is 8.75. The third-order valence-corrected chi connectivity index (χ3v) is 5.33. The molecule has 0 saturated carbocycles. The van der Waals surface area contributed by atoms with E-state index in [4.69, 9.17) is 10.1 Å². The zero-order chi connectivity index (χ0) is 21.1. The van der Waals surface area contributed by atoms with Crippen molar-refractivity contribution in [3.8, 4) is 16.9 Å². The van der Waals surface area contributed by atoms with E-state index >= 15 is 0 Å². The molecule has 28 heavy (non-hydrogen) atoms. The molecular formula is C20H26FN3O3S. The van der Waals surface area contributed by atoms with Gasteiger partial charge in [-0.25, -0.2) is 12.8 Å². The molecule has 0 bridgehead atoms. The van der Waals surface area contributed by atoms with Crippen LogP contribution in [0.1, 0.15) is 33.3 Å². The molecule has 1 heterocycles. The highest BCUT2D eigenvalue weighted by Gasteiger charge is 2.34. The molecule has 1 aromatic heterocycles. The number of hydrogen-bond acceptors (Lipinski definition) is 5. The fourth-order valence-electron chi connectivity index (χ4n) is 2.73. The minimum absolute atomic E-state index is 0.125. The number of amidine groups is 1. The van der Waals surface area contributed by atoms with Crippen molar-refractivity contribution >= 4 is 16.5 Å². The van der Waals surface area contributed by atoms with Gasteiger partial charge in [-0.1, -0.05) is 26.8 Å². The lowest BCUT2D eigenvalue weighted by molar-refractivity contribution is 0.413. The Morgan fingerprint density at radius 2 is 1.86 bits per heavy atom. The van der Waals surface area contributed by atoms with Crippen molar-refractivity contribution in [2.45, 2.75) is 33.2 Å². The topological polar surface area (TPSA) is 92.1 Å². The number of pyridine rings is 1. The van der Waals surface area contributed by atoms with E-state index in [1.165, 1.54) is 13.2 Å². The van der Waals surface area contributed by atoms with Gasteiger partial charge in [0, 0.05) is 22.7 Å². The highest BCUT2D eigenvalue weighted by molar-refractivity contribution is 7.72. The van der Waals surface area contributed by atoms with Gasteiger partial charge in [0.05, 0.1) is 30.4 Å². The molecule has 2 aromatic rings. The van der Waals surface area contributed by atoms with Crippen LogP contribution in [-0.4, -0.2) is 32.1 Å². The molecule has 2 rings (SSSR count). The Labute approximate surface area is 166 Å². The molecule has 152 valence electrons. The van der Waals surface area contributed by atoms with E-state index in [1.807, 2.05) is 20.8 Å². The molecule has 0 spiro atoms. The van der Waals surface area contributed by atoms with Crippen LogP contribution in [0.2, 0.25) is 0 Å². The maximum absolute atomic E-state index is 14.8. The Bertz CT molecular complexity index is 946. The number of aromatic nitrogens is 1. The Morgan fingerprint density at radius 3 is 2.43 bits per heavy atom. The Balaban J connectivity index is 2.57. The standard InChI is InChI=1S/C20H26FN3O3S/c1-19(2,3)18(22)24-20(4,12-28(25)26)16-9-13(6-7-17(16)21)14-8-15(27-5)11-23-10-14/h6-11,28H,12H2,1-5H3,(H2,22,24)/t20-/m0/s1. The van der Waals surface area contributed by atoms with Crippen LogP contribution in [-0.2, 0) is 16.2 Å². The van der Waals surface area contributed by atoms with Crippen molar-refractivity contribution in [1.82, 2.24) is 10.3 Å². The number of methoxy groups -OCH3 is 1. The van der Waals surface area contributed by atoms with Crippen LogP contribution in [0, 0.1) is 16.6 Å². The summed E-state index contributed by atoms with van der Waals surface area (Å²) in [5.41, 5.74) is -0.298. The molecule has 1 aromatic carbocycles. The van der Waals surface area contributed by atoms with Crippen molar-refractivity contribution in [2.75, 3.05) is 12.9 Å². The first-order valence-corrected chi connectivity index (χ1v) is 10.1. The second kappa shape index (κ2) is 8.26. The molecule has 0 fully saturated rings. The average molecular weight is 408 g/mol. The maximum Gasteiger partial charge on any atom is 0.142 e. The minimum atomic E-state index is -2.82. The van der Waals surface area contributed by atoms with E-state index in [2.05, 4.69) is 10.3 Å². The zero-order valence-electron chi connectivity index (χ0n) is 16.7. The second-order valence-electron chi connectivity index (χ2n) is 7.88. The van der Waals surface area contributed by atoms with E-state index in [0.717, 1.165) is 0 Å². The van der Waals surface area contributed by atoms with Crippen LogP contribution in [0.4, 0.5) is 4.39 Å². The van der Waals surface area contributed by atoms with Gasteiger partial charge in [-0.15, -0.1) is 0 Å². The molecule has 2 N–H and O–H groups in total. The minimum Gasteiger partial charge on any atom is -0.495 e. The molecule has 1 atom stereocenters. The summed E-state index contributed by atoms with van der Waals surface area (Å²) >= 11 is 0.